The molecule has 1 saturated carbocycles. The molecule has 2 fully saturated rings. The molecule has 1 N–H and O–H groups in total. The van der Waals surface area contributed by atoms with Crippen molar-refractivity contribution in [3.05, 3.63) is 29.8 Å². The second kappa shape index (κ2) is 4.67. The molecule has 1 aromatic carbocycles. The number of benzene rings is 1. The summed E-state index contributed by atoms with van der Waals surface area (Å²) in [7, 11) is 0. The molecule has 1 aliphatic carbocycles. The number of hydrogen-bond acceptors (Lipinski definition) is 3. The van der Waals surface area contributed by atoms with E-state index in [9.17, 15) is 0 Å². The fraction of sp³-hybridized carbons (Fsp3) is 0.571. The minimum Gasteiger partial charge on any atom is -0.248 e. The van der Waals surface area contributed by atoms with Crippen LogP contribution < -0.4 is 5.48 Å². The van der Waals surface area contributed by atoms with E-state index in [2.05, 4.69) is 24.5 Å². The molecule has 2 aliphatic rings. The Kier molecular flexibility index (Phi) is 3.40. The summed E-state index contributed by atoms with van der Waals surface area (Å²) in [6.07, 6.45) is 4.17. The highest BCUT2D eigenvalue weighted by atomic mass is 16.8. The molecular formula is C14H22N2O. The lowest BCUT2D eigenvalue weighted by atomic mass is 9.64. The van der Waals surface area contributed by atoms with Gasteiger partial charge in [0.2, 0.25) is 0 Å². The van der Waals surface area contributed by atoms with Crippen LogP contribution >= 0.6 is 0 Å². The van der Waals surface area contributed by atoms with Crippen molar-refractivity contribution in [2.75, 3.05) is 18.6 Å². The maximum atomic E-state index is 5.52. The summed E-state index contributed by atoms with van der Waals surface area (Å²) in [6.45, 7) is 4.26. The average Bonchev–Trinajstić information content (AvgIpc) is 2.16. The Balaban J connectivity index is 0.00000108. The summed E-state index contributed by atoms with van der Waals surface area (Å²) in [4.78, 5) is 5.52. The van der Waals surface area contributed by atoms with Crippen LogP contribution in [0.3, 0.4) is 0 Å². The predicted octanol–water partition coefficient (Wildman–Crippen LogP) is 3.38. The number of nitrogens with one attached hydrogen (secondary N) is 1. The Morgan fingerprint density at radius 3 is 2.35 bits per heavy atom. The fourth-order valence-corrected chi connectivity index (χ4v) is 2.50. The molecule has 17 heavy (non-hydrogen) atoms. The van der Waals surface area contributed by atoms with Crippen molar-refractivity contribution in [2.45, 2.75) is 33.6 Å². The van der Waals surface area contributed by atoms with E-state index in [1.54, 1.807) is 0 Å². The van der Waals surface area contributed by atoms with Gasteiger partial charge in [0.1, 0.15) is 0 Å². The van der Waals surface area contributed by atoms with Crippen molar-refractivity contribution in [1.29, 1.82) is 0 Å². The molecule has 1 spiro atoms. The Morgan fingerprint density at radius 2 is 1.82 bits per heavy atom. The van der Waals surface area contributed by atoms with Gasteiger partial charge in [-0.3, -0.25) is 0 Å². The van der Waals surface area contributed by atoms with E-state index >= 15 is 0 Å². The van der Waals surface area contributed by atoms with Crippen molar-refractivity contribution < 1.29 is 4.94 Å². The second-order valence-electron chi connectivity index (χ2n) is 5.21. The highest BCUT2D eigenvalue weighted by Gasteiger charge is 2.48. The van der Waals surface area contributed by atoms with E-state index in [0.29, 0.717) is 5.41 Å². The van der Waals surface area contributed by atoms with Gasteiger partial charge in [-0.1, -0.05) is 31.5 Å². The van der Waals surface area contributed by atoms with Gasteiger partial charge in [0.15, 0.2) is 0 Å². The minimum atomic E-state index is 0. The summed E-state index contributed by atoms with van der Waals surface area (Å²) < 4.78 is 0. The van der Waals surface area contributed by atoms with E-state index in [0.717, 1.165) is 18.8 Å². The van der Waals surface area contributed by atoms with Gasteiger partial charge in [0.05, 0.1) is 5.69 Å². The zero-order chi connectivity index (χ0) is 11.0. The molecule has 3 nitrogen and oxygen atoms in total. The number of anilines is 1. The predicted molar refractivity (Wildman–Crippen MR) is 70.5 cm³/mol. The lowest BCUT2D eigenvalue weighted by Crippen LogP contribution is -2.59. The normalized spacial score (nSPS) is 21.2. The zero-order valence-corrected chi connectivity index (χ0v) is 9.70. The van der Waals surface area contributed by atoms with Gasteiger partial charge in [0, 0.05) is 18.5 Å². The maximum Gasteiger partial charge on any atom is 0.0623 e. The average molecular weight is 234 g/mol. The molecule has 0 unspecified atom stereocenters. The first-order chi connectivity index (χ1) is 7.76. The first-order valence-corrected chi connectivity index (χ1v) is 6.00. The summed E-state index contributed by atoms with van der Waals surface area (Å²) in [5.41, 5.74) is 5.89. The SMILES string of the molecule is C.Cc1ccc(NON2CC3(CCC3)C2)cc1. The number of aryl methyl sites for hydroxylation is 1. The standard InChI is InChI=1S/C13H18N2O.CH4/c1-11-3-5-12(6-4-11)14-16-15-9-13(10-15)7-2-8-13;/h3-6,14H,2,7-10H2,1H3;1H4. The molecule has 0 atom stereocenters. The van der Waals surface area contributed by atoms with E-state index in [-0.39, 0.29) is 7.43 Å². The van der Waals surface area contributed by atoms with Crippen LogP contribution in [0.25, 0.3) is 0 Å². The Bertz CT molecular complexity index is 362. The van der Waals surface area contributed by atoms with Gasteiger partial charge < -0.3 is 0 Å². The van der Waals surface area contributed by atoms with Gasteiger partial charge in [0.25, 0.3) is 0 Å². The van der Waals surface area contributed by atoms with E-state index in [1.807, 2.05) is 17.2 Å². The van der Waals surface area contributed by atoms with E-state index < -0.39 is 0 Å². The number of rotatable bonds is 3. The molecule has 1 aromatic rings. The quantitative estimate of drug-likeness (QED) is 0.811. The Hall–Kier alpha value is -1.06. The molecule has 3 heteroatoms. The van der Waals surface area contributed by atoms with Crippen molar-refractivity contribution in [1.82, 2.24) is 5.06 Å². The Labute approximate surface area is 104 Å². The van der Waals surface area contributed by atoms with Crippen LogP contribution in [-0.2, 0) is 4.94 Å². The lowest BCUT2D eigenvalue weighted by molar-refractivity contribution is -0.251. The van der Waals surface area contributed by atoms with Crippen molar-refractivity contribution >= 4 is 5.69 Å². The summed E-state index contributed by atoms with van der Waals surface area (Å²) in [5.74, 6) is 0. The third-order valence-corrected chi connectivity index (χ3v) is 3.78. The van der Waals surface area contributed by atoms with Crippen molar-refractivity contribution in [3.63, 3.8) is 0 Å². The van der Waals surface area contributed by atoms with Crippen LogP contribution in [0.15, 0.2) is 24.3 Å². The number of nitrogens with zero attached hydrogens (tertiary/aromatic N) is 1. The first kappa shape index (κ1) is 12.4. The summed E-state index contributed by atoms with van der Waals surface area (Å²) in [6, 6.07) is 8.23. The molecular weight excluding hydrogens is 212 g/mol. The van der Waals surface area contributed by atoms with Gasteiger partial charge in [-0.15, -0.1) is 0 Å². The van der Waals surface area contributed by atoms with Crippen molar-refractivity contribution in [3.8, 4) is 0 Å². The van der Waals surface area contributed by atoms with Crippen LogP contribution in [-0.4, -0.2) is 18.2 Å². The molecule has 0 aromatic heterocycles. The third-order valence-electron chi connectivity index (χ3n) is 3.78. The number of hydrogen-bond donors (Lipinski definition) is 1. The third kappa shape index (κ3) is 2.45. The minimum absolute atomic E-state index is 0. The smallest absolute Gasteiger partial charge is 0.0623 e. The first-order valence-electron chi connectivity index (χ1n) is 6.00. The molecule has 1 heterocycles. The van der Waals surface area contributed by atoms with Gasteiger partial charge >= 0.3 is 0 Å². The monoisotopic (exact) mass is 234 g/mol. The molecule has 1 saturated heterocycles. The van der Waals surface area contributed by atoms with Crippen LogP contribution in [0.4, 0.5) is 5.69 Å². The lowest BCUT2D eigenvalue weighted by Gasteiger charge is -2.54. The van der Waals surface area contributed by atoms with Crippen molar-refractivity contribution in [2.24, 2.45) is 5.41 Å². The number of hydroxylamine groups is 2. The molecule has 0 bridgehead atoms. The van der Waals surface area contributed by atoms with Crippen LogP contribution in [0.1, 0.15) is 32.3 Å². The van der Waals surface area contributed by atoms with Crippen LogP contribution in [0.2, 0.25) is 0 Å². The molecule has 0 radical (unpaired) electrons. The summed E-state index contributed by atoms with van der Waals surface area (Å²) >= 11 is 0. The molecule has 1 aliphatic heterocycles. The largest absolute Gasteiger partial charge is 0.248 e. The second-order valence-corrected chi connectivity index (χ2v) is 5.21. The zero-order valence-electron chi connectivity index (χ0n) is 9.70. The fourth-order valence-electron chi connectivity index (χ4n) is 2.50. The van der Waals surface area contributed by atoms with Crippen LogP contribution in [0, 0.1) is 12.3 Å². The van der Waals surface area contributed by atoms with Gasteiger partial charge in [-0.05, 0) is 31.9 Å². The summed E-state index contributed by atoms with van der Waals surface area (Å²) in [5, 5.41) is 2.01. The topological polar surface area (TPSA) is 24.5 Å². The molecule has 0 amide bonds. The Morgan fingerprint density at radius 1 is 1.18 bits per heavy atom. The van der Waals surface area contributed by atoms with Gasteiger partial charge in [-0.2, -0.15) is 10.0 Å². The highest BCUT2D eigenvalue weighted by molar-refractivity contribution is 5.42. The van der Waals surface area contributed by atoms with E-state index in [1.165, 1.54) is 24.8 Å². The molecule has 3 rings (SSSR count). The van der Waals surface area contributed by atoms with Gasteiger partial charge in [-0.25, -0.2) is 5.48 Å². The maximum absolute atomic E-state index is 5.52. The molecule has 94 valence electrons. The van der Waals surface area contributed by atoms with E-state index in [4.69, 9.17) is 4.94 Å². The highest BCUT2D eigenvalue weighted by Crippen LogP contribution is 2.47. The van der Waals surface area contributed by atoms with Crippen LogP contribution in [0.5, 0.6) is 0 Å².